The zero-order valence-electron chi connectivity index (χ0n) is 12.0. The van der Waals surface area contributed by atoms with Crippen LogP contribution in [0.5, 0.6) is 0 Å². The van der Waals surface area contributed by atoms with Gasteiger partial charge in [-0.1, -0.05) is 19.8 Å². The molecule has 0 aliphatic heterocycles. The third-order valence-corrected chi connectivity index (χ3v) is 3.68. The van der Waals surface area contributed by atoms with Crippen molar-refractivity contribution in [1.29, 1.82) is 0 Å². The fraction of sp³-hybridized carbons (Fsp3) is 0.615. The van der Waals surface area contributed by atoms with Crippen LogP contribution in [-0.2, 0) is 11.3 Å². The molecule has 7 heteroatoms. The van der Waals surface area contributed by atoms with Crippen molar-refractivity contribution in [1.82, 2.24) is 15.2 Å². The van der Waals surface area contributed by atoms with E-state index in [1.54, 1.807) is 7.05 Å². The number of unbranched alkanes of at least 4 members (excludes halogenated alkanes) is 1. The van der Waals surface area contributed by atoms with Crippen molar-refractivity contribution >= 4 is 23.3 Å². The summed E-state index contributed by atoms with van der Waals surface area (Å²) in [7, 11) is 1.63. The lowest BCUT2D eigenvalue weighted by Gasteiger charge is -2.20. The van der Waals surface area contributed by atoms with Gasteiger partial charge in [-0.3, -0.25) is 0 Å². The highest BCUT2D eigenvalue weighted by molar-refractivity contribution is 7.09. The van der Waals surface area contributed by atoms with Crippen molar-refractivity contribution in [2.24, 2.45) is 0 Å². The van der Waals surface area contributed by atoms with Crippen LogP contribution in [0.1, 0.15) is 36.9 Å². The number of aryl methyl sites for hydroxylation is 1. The molecular formula is C13H21N3O3S. The van der Waals surface area contributed by atoms with Crippen LogP contribution in [-0.4, -0.2) is 40.1 Å². The quantitative estimate of drug-likeness (QED) is 0.809. The fourth-order valence-electron chi connectivity index (χ4n) is 1.72. The van der Waals surface area contributed by atoms with Crippen molar-refractivity contribution in [2.45, 2.75) is 45.7 Å². The first-order chi connectivity index (χ1) is 9.43. The molecule has 1 aromatic rings. The van der Waals surface area contributed by atoms with Crippen molar-refractivity contribution in [2.75, 3.05) is 7.05 Å². The summed E-state index contributed by atoms with van der Waals surface area (Å²) in [5.74, 6) is -0.996. The van der Waals surface area contributed by atoms with Crippen molar-refractivity contribution in [3.8, 4) is 0 Å². The van der Waals surface area contributed by atoms with Gasteiger partial charge in [-0.15, -0.1) is 11.3 Å². The number of aromatic nitrogens is 1. The van der Waals surface area contributed by atoms with Gasteiger partial charge < -0.3 is 15.3 Å². The smallest absolute Gasteiger partial charge is 0.326 e. The zero-order valence-corrected chi connectivity index (χ0v) is 12.9. The monoisotopic (exact) mass is 299 g/mol. The summed E-state index contributed by atoms with van der Waals surface area (Å²) >= 11 is 1.52. The van der Waals surface area contributed by atoms with Crippen LogP contribution >= 0.6 is 11.3 Å². The van der Waals surface area contributed by atoms with Gasteiger partial charge in [0.05, 0.1) is 17.2 Å². The van der Waals surface area contributed by atoms with Crippen LogP contribution in [0.3, 0.4) is 0 Å². The second-order valence-corrected chi connectivity index (χ2v) is 5.76. The molecule has 0 spiro atoms. The lowest BCUT2D eigenvalue weighted by Crippen LogP contribution is -2.46. The van der Waals surface area contributed by atoms with Crippen LogP contribution in [0.2, 0.25) is 0 Å². The third kappa shape index (κ3) is 5.16. The number of hydrogen-bond acceptors (Lipinski definition) is 4. The number of carboxylic acid groups (broad SMARTS) is 1. The number of aliphatic carboxylic acids is 1. The maximum Gasteiger partial charge on any atom is 0.326 e. The molecule has 1 aromatic heterocycles. The molecule has 1 unspecified atom stereocenters. The summed E-state index contributed by atoms with van der Waals surface area (Å²) in [6.45, 7) is 4.26. The maximum atomic E-state index is 12.0. The first kappa shape index (κ1) is 16.4. The predicted octanol–water partition coefficient (Wildman–Crippen LogP) is 2.24. The van der Waals surface area contributed by atoms with Crippen molar-refractivity contribution in [3.63, 3.8) is 0 Å². The van der Waals surface area contributed by atoms with Gasteiger partial charge in [-0.25, -0.2) is 14.6 Å². The van der Waals surface area contributed by atoms with Crippen molar-refractivity contribution < 1.29 is 14.7 Å². The number of nitrogens with zero attached hydrogens (tertiary/aromatic N) is 2. The van der Waals surface area contributed by atoms with E-state index in [9.17, 15) is 9.59 Å². The minimum atomic E-state index is -0.996. The van der Waals surface area contributed by atoms with E-state index in [0.717, 1.165) is 23.5 Å². The first-order valence-electron chi connectivity index (χ1n) is 6.59. The number of hydrogen-bond donors (Lipinski definition) is 2. The summed E-state index contributed by atoms with van der Waals surface area (Å²) in [5.41, 5.74) is 0.811. The number of thiazole rings is 1. The van der Waals surface area contributed by atoms with E-state index in [4.69, 9.17) is 5.11 Å². The molecule has 0 aromatic carbocycles. The Morgan fingerprint density at radius 2 is 2.25 bits per heavy atom. The molecular weight excluding hydrogens is 278 g/mol. The molecule has 0 saturated heterocycles. The molecule has 1 rings (SSSR count). The molecule has 0 radical (unpaired) electrons. The van der Waals surface area contributed by atoms with E-state index in [2.05, 4.69) is 10.3 Å². The predicted molar refractivity (Wildman–Crippen MR) is 77.8 cm³/mol. The van der Waals surface area contributed by atoms with Crippen LogP contribution < -0.4 is 5.32 Å². The second-order valence-electron chi connectivity index (χ2n) is 4.70. The minimum absolute atomic E-state index is 0.371. The average Bonchev–Trinajstić information content (AvgIpc) is 2.79. The fourth-order valence-corrected chi connectivity index (χ4v) is 2.32. The average molecular weight is 299 g/mol. The van der Waals surface area contributed by atoms with Crippen LogP contribution in [0.25, 0.3) is 0 Å². The molecule has 0 fully saturated rings. The minimum Gasteiger partial charge on any atom is -0.480 e. The Labute approximate surface area is 122 Å². The Morgan fingerprint density at radius 3 is 2.75 bits per heavy atom. The molecule has 1 atom stereocenters. The first-order valence-corrected chi connectivity index (χ1v) is 7.47. The highest BCUT2D eigenvalue weighted by Gasteiger charge is 2.21. The third-order valence-electron chi connectivity index (χ3n) is 2.85. The number of rotatable bonds is 7. The van der Waals surface area contributed by atoms with Gasteiger partial charge >= 0.3 is 12.0 Å². The molecule has 1 heterocycles. The summed E-state index contributed by atoms with van der Waals surface area (Å²) < 4.78 is 0. The molecule has 0 aliphatic carbocycles. The molecule has 0 bridgehead atoms. The molecule has 112 valence electrons. The highest BCUT2D eigenvalue weighted by Crippen LogP contribution is 2.10. The van der Waals surface area contributed by atoms with Gasteiger partial charge in [-0.05, 0) is 13.3 Å². The topological polar surface area (TPSA) is 82.5 Å². The van der Waals surface area contributed by atoms with Gasteiger partial charge in [0.1, 0.15) is 6.04 Å². The number of carbonyl (C=O) groups is 2. The highest BCUT2D eigenvalue weighted by atomic mass is 32.1. The lowest BCUT2D eigenvalue weighted by atomic mass is 10.1. The number of carbonyl (C=O) groups excluding carboxylic acids is 1. The number of urea groups is 1. The Balaban J connectivity index is 2.52. The normalized spacial score (nSPS) is 11.9. The van der Waals surface area contributed by atoms with Gasteiger partial charge in [0, 0.05) is 12.4 Å². The Kier molecular flexibility index (Phi) is 6.44. The van der Waals surface area contributed by atoms with Crippen LogP contribution in [0.15, 0.2) is 5.38 Å². The van der Waals surface area contributed by atoms with E-state index < -0.39 is 12.0 Å². The summed E-state index contributed by atoms with van der Waals surface area (Å²) in [6, 6.07) is -1.22. The second kappa shape index (κ2) is 7.84. The maximum absolute atomic E-state index is 12.0. The molecule has 2 N–H and O–H groups in total. The summed E-state index contributed by atoms with van der Waals surface area (Å²) in [5, 5.41) is 14.5. The molecule has 6 nitrogen and oxygen atoms in total. The Morgan fingerprint density at radius 1 is 1.55 bits per heavy atom. The van der Waals surface area contributed by atoms with Gasteiger partial charge in [-0.2, -0.15) is 0 Å². The van der Waals surface area contributed by atoms with Crippen LogP contribution in [0.4, 0.5) is 4.79 Å². The van der Waals surface area contributed by atoms with E-state index in [1.165, 1.54) is 16.2 Å². The molecule has 0 saturated carbocycles. The van der Waals surface area contributed by atoms with E-state index in [0.29, 0.717) is 13.0 Å². The molecule has 2 amide bonds. The number of carboxylic acids is 1. The van der Waals surface area contributed by atoms with Gasteiger partial charge in [0.25, 0.3) is 0 Å². The Hall–Kier alpha value is -1.63. The number of amides is 2. The standard InChI is InChI=1S/C13H21N3O3S/c1-4-5-6-11(12(17)18)15-13(19)16(3)7-10-8-20-9(2)14-10/h8,11H,4-7H2,1-3H3,(H,15,19)(H,17,18). The van der Waals surface area contributed by atoms with Gasteiger partial charge in [0.15, 0.2) is 0 Å². The molecule has 0 aliphatic rings. The van der Waals surface area contributed by atoms with Crippen LogP contribution in [0, 0.1) is 6.92 Å². The lowest BCUT2D eigenvalue weighted by molar-refractivity contribution is -0.139. The van der Waals surface area contributed by atoms with E-state index in [1.807, 2.05) is 19.2 Å². The number of nitrogens with one attached hydrogen (secondary N) is 1. The Bertz CT molecular complexity index is 461. The van der Waals surface area contributed by atoms with Gasteiger partial charge in [0.2, 0.25) is 0 Å². The van der Waals surface area contributed by atoms with E-state index in [-0.39, 0.29) is 6.03 Å². The zero-order chi connectivity index (χ0) is 15.1. The van der Waals surface area contributed by atoms with Crippen molar-refractivity contribution in [3.05, 3.63) is 16.1 Å². The molecule has 20 heavy (non-hydrogen) atoms. The van der Waals surface area contributed by atoms with E-state index >= 15 is 0 Å². The summed E-state index contributed by atoms with van der Waals surface area (Å²) in [4.78, 5) is 28.8. The summed E-state index contributed by atoms with van der Waals surface area (Å²) in [6.07, 6.45) is 2.11. The largest absolute Gasteiger partial charge is 0.480 e. The SMILES string of the molecule is CCCCC(NC(=O)N(C)Cc1csc(C)n1)C(=O)O.